The molecule has 0 aliphatic rings. The van der Waals surface area contributed by atoms with Gasteiger partial charge in [0.1, 0.15) is 0 Å². The number of hydrazine groups is 1. The standard InChI is InChI=1S/C14H16N4O4S/c1-9-3-5-12(10(2)7-9)17-23(21,22)14-8-11(16-15)4-6-13(14)18(19)20/h3-8,16-17H,15H2,1-2H3. The number of nitrogens with two attached hydrogens (primary N) is 1. The molecular weight excluding hydrogens is 320 g/mol. The number of rotatable bonds is 5. The number of nitrogen functional groups attached to an aromatic ring is 1. The monoisotopic (exact) mass is 336 g/mol. The predicted molar refractivity (Wildman–Crippen MR) is 87.6 cm³/mol. The summed E-state index contributed by atoms with van der Waals surface area (Å²) in [7, 11) is -4.14. The van der Waals surface area contributed by atoms with Crippen molar-refractivity contribution in [1.82, 2.24) is 0 Å². The quantitative estimate of drug-likeness (QED) is 0.437. The Bertz CT molecular complexity index is 865. The number of hydrogen-bond acceptors (Lipinski definition) is 6. The van der Waals surface area contributed by atoms with Crippen LogP contribution in [0.1, 0.15) is 11.1 Å². The van der Waals surface area contributed by atoms with E-state index in [0.29, 0.717) is 11.3 Å². The van der Waals surface area contributed by atoms with Gasteiger partial charge in [-0.1, -0.05) is 17.7 Å². The number of anilines is 2. The molecule has 0 aliphatic heterocycles. The van der Waals surface area contributed by atoms with Gasteiger partial charge >= 0.3 is 0 Å². The average Bonchev–Trinajstić information content (AvgIpc) is 2.49. The summed E-state index contributed by atoms with van der Waals surface area (Å²) in [4.78, 5) is 9.88. The first-order valence-electron chi connectivity index (χ1n) is 6.60. The number of nitrogens with zero attached hydrogens (tertiary/aromatic N) is 1. The number of hydrogen-bond donors (Lipinski definition) is 3. The molecule has 2 aromatic rings. The third-order valence-corrected chi connectivity index (χ3v) is 4.63. The van der Waals surface area contributed by atoms with E-state index in [4.69, 9.17) is 5.84 Å². The highest BCUT2D eigenvalue weighted by Crippen LogP contribution is 2.29. The number of aryl methyl sites for hydroxylation is 2. The number of nitrogens with one attached hydrogen (secondary N) is 2. The van der Waals surface area contributed by atoms with E-state index in [2.05, 4.69) is 10.1 Å². The summed E-state index contributed by atoms with van der Waals surface area (Å²) in [6.45, 7) is 3.63. The summed E-state index contributed by atoms with van der Waals surface area (Å²) in [5, 5.41) is 11.1. The first-order valence-corrected chi connectivity index (χ1v) is 8.08. The van der Waals surface area contributed by atoms with E-state index >= 15 is 0 Å². The van der Waals surface area contributed by atoms with E-state index in [9.17, 15) is 18.5 Å². The van der Waals surface area contributed by atoms with Gasteiger partial charge in [0, 0.05) is 6.07 Å². The van der Waals surface area contributed by atoms with Crippen molar-refractivity contribution in [3.05, 3.63) is 57.6 Å². The Morgan fingerprint density at radius 2 is 1.83 bits per heavy atom. The average molecular weight is 336 g/mol. The van der Waals surface area contributed by atoms with Crippen molar-refractivity contribution < 1.29 is 13.3 Å². The number of nitro benzene ring substituents is 1. The lowest BCUT2D eigenvalue weighted by atomic mass is 10.1. The Balaban J connectivity index is 2.52. The van der Waals surface area contributed by atoms with Gasteiger partial charge in [0.2, 0.25) is 0 Å². The van der Waals surface area contributed by atoms with Crippen LogP contribution >= 0.6 is 0 Å². The van der Waals surface area contributed by atoms with Gasteiger partial charge in [0.15, 0.2) is 4.90 Å². The van der Waals surface area contributed by atoms with E-state index in [0.717, 1.165) is 17.7 Å². The third-order valence-electron chi connectivity index (χ3n) is 3.24. The molecule has 2 rings (SSSR count). The van der Waals surface area contributed by atoms with Crippen molar-refractivity contribution in [3.63, 3.8) is 0 Å². The maximum absolute atomic E-state index is 12.5. The summed E-state index contributed by atoms with van der Waals surface area (Å²) < 4.78 is 27.5. The molecule has 4 N–H and O–H groups in total. The molecule has 0 fully saturated rings. The molecule has 122 valence electrons. The van der Waals surface area contributed by atoms with Crippen LogP contribution in [0.4, 0.5) is 17.1 Å². The van der Waals surface area contributed by atoms with Gasteiger partial charge in [0.25, 0.3) is 15.7 Å². The maximum Gasteiger partial charge on any atom is 0.290 e. The zero-order chi connectivity index (χ0) is 17.2. The number of sulfonamides is 1. The molecule has 2 aromatic carbocycles. The lowest BCUT2D eigenvalue weighted by molar-refractivity contribution is -0.387. The molecule has 0 saturated heterocycles. The summed E-state index contributed by atoms with van der Waals surface area (Å²) in [5.74, 6) is 5.25. The first-order chi connectivity index (χ1) is 10.7. The normalized spacial score (nSPS) is 11.1. The van der Waals surface area contributed by atoms with Crippen molar-refractivity contribution in [1.29, 1.82) is 0 Å². The Morgan fingerprint density at radius 3 is 2.39 bits per heavy atom. The Kier molecular flexibility index (Phi) is 4.52. The fourth-order valence-electron chi connectivity index (χ4n) is 2.10. The van der Waals surface area contributed by atoms with Crippen LogP contribution in [0.2, 0.25) is 0 Å². The van der Waals surface area contributed by atoms with Gasteiger partial charge < -0.3 is 5.43 Å². The molecule has 0 saturated carbocycles. The molecule has 0 radical (unpaired) electrons. The second-order valence-corrected chi connectivity index (χ2v) is 6.66. The summed E-state index contributed by atoms with van der Waals surface area (Å²) >= 11 is 0. The van der Waals surface area contributed by atoms with Gasteiger partial charge in [-0.05, 0) is 37.6 Å². The highest BCUT2D eigenvalue weighted by molar-refractivity contribution is 7.92. The molecule has 0 aromatic heterocycles. The van der Waals surface area contributed by atoms with Crippen molar-refractivity contribution >= 4 is 27.1 Å². The van der Waals surface area contributed by atoms with Crippen LogP contribution in [-0.2, 0) is 10.0 Å². The van der Waals surface area contributed by atoms with Crippen LogP contribution in [0, 0.1) is 24.0 Å². The number of nitro groups is 1. The Morgan fingerprint density at radius 1 is 1.13 bits per heavy atom. The van der Waals surface area contributed by atoms with Crippen molar-refractivity contribution in [2.45, 2.75) is 18.7 Å². The first kappa shape index (κ1) is 16.7. The molecule has 23 heavy (non-hydrogen) atoms. The van der Waals surface area contributed by atoms with Crippen LogP contribution in [0.15, 0.2) is 41.3 Å². The maximum atomic E-state index is 12.5. The molecule has 0 heterocycles. The van der Waals surface area contributed by atoms with Crippen LogP contribution < -0.4 is 16.0 Å². The molecule has 8 nitrogen and oxygen atoms in total. The van der Waals surface area contributed by atoms with Gasteiger partial charge in [-0.2, -0.15) is 0 Å². The smallest absolute Gasteiger partial charge is 0.290 e. The lowest BCUT2D eigenvalue weighted by Crippen LogP contribution is -2.16. The van der Waals surface area contributed by atoms with Crippen LogP contribution in [-0.4, -0.2) is 13.3 Å². The second kappa shape index (κ2) is 6.23. The van der Waals surface area contributed by atoms with Crippen LogP contribution in [0.3, 0.4) is 0 Å². The van der Waals surface area contributed by atoms with Crippen LogP contribution in [0.25, 0.3) is 0 Å². The third kappa shape index (κ3) is 3.58. The molecule has 9 heteroatoms. The van der Waals surface area contributed by atoms with E-state index < -0.39 is 25.5 Å². The Hall–Kier alpha value is -2.65. The second-order valence-electron chi connectivity index (χ2n) is 5.01. The fraction of sp³-hybridized carbons (Fsp3) is 0.143. The van der Waals surface area contributed by atoms with E-state index in [1.165, 1.54) is 6.07 Å². The highest BCUT2D eigenvalue weighted by Gasteiger charge is 2.26. The van der Waals surface area contributed by atoms with Crippen molar-refractivity contribution in [2.24, 2.45) is 5.84 Å². The molecule has 0 aliphatic carbocycles. The molecule has 0 spiro atoms. The molecule has 0 amide bonds. The minimum Gasteiger partial charge on any atom is -0.324 e. The van der Waals surface area contributed by atoms with Gasteiger partial charge in [-0.3, -0.25) is 20.7 Å². The summed E-state index contributed by atoms with van der Waals surface area (Å²) in [6.07, 6.45) is 0. The predicted octanol–water partition coefficient (Wildman–Crippen LogP) is 2.30. The molecule has 0 atom stereocenters. The SMILES string of the molecule is Cc1ccc(NS(=O)(=O)c2cc(NN)ccc2[N+](=O)[O-])c(C)c1. The van der Waals surface area contributed by atoms with Gasteiger partial charge in [0.05, 0.1) is 16.3 Å². The summed E-state index contributed by atoms with van der Waals surface area (Å²) in [6, 6.07) is 8.70. The molecular formula is C14H16N4O4S. The van der Waals surface area contributed by atoms with Crippen molar-refractivity contribution in [2.75, 3.05) is 10.1 Å². The van der Waals surface area contributed by atoms with Gasteiger partial charge in [-0.15, -0.1) is 0 Å². The van der Waals surface area contributed by atoms with E-state index in [-0.39, 0.29) is 5.69 Å². The van der Waals surface area contributed by atoms with Crippen LogP contribution in [0.5, 0.6) is 0 Å². The zero-order valence-electron chi connectivity index (χ0n) is 12.5. The largest absolute Gasteiger partial charge is 0.324 e. The number of benzene rings is 2. The Labute approximate surface area is 133 Å². The van der Waals surface area contributed by atoms with E-state index in [1.807, 2.05) is 13.0 Å². The minimum absolute atomic E-state index is 0.247. The fourth-order valence-corrected chi connectivity index (χ4v) is 3.43. The van der Waals surface area contributed by atoms with E-state index in [1.54, 1.807) is 19.1 Å². The van der Waals surface area contributed by atoms with Gasteiger partial charge in [-0.25, -0.2) is 8.42 Å². The lowest BCUT2D eigenvalue weighted by Gasteiger charge is -2.12. The summed E-state index contributed by atoms with van der Waals surface area (Å²) in [5.41, 5.74) is 4.04. The molecule has 0 unspecified atom stereocenters. The highest BCUT2D eigenvalue weighted by atomic mass is 32.2. The van der Waals surface area contributed by atoms with Crippen molar-refractivity contribution in [3.8, 4) is 0 Å². The topological polar surface area (TPSA) is 127 Å². The minimum atomic E-state index is -4.14. The zero-order valence-corrected chi connectivity index (χ0v) is 13.3. The molecule has 0 bridgehead atoms.